The van der Waals surface area contributed by atoms with Crippen LogP contribution in [0.4, 0.5) is 11.5 Å². The molecule has 0 bridgehead atoms. The highest BCUT2D eigenvalue weighted by atomic mass is 35.5. The lowest BCUT2D eigenvalue weighted by Gasteiger charge is -2.16. The Labute approximate surface area is 77.1 Å². The maximum atomic E-state index is 5.92. The van der Waals surface area contributed by atoms with E-state index in [-0.39, 0.29) is 0 Å². The monoisotopic (exact) mass is 185 g/mol. The first-order chi connectivity index (χ1) is 5.65. The number of hydrogen-bond acceptors (Lipinski definition) is 3. The maximum absolute atomic E-state index is 5.92. The second kappa shape index (κ2) is 3.63. The quantitative estimate of drug-likeness (QED) is 0.764. The number of nitrogens with two attached hydrogens (primary N) is 1. The molecule has 1 aromatic rings. The third kappa shape index (κ3) is 1.80. The molecule has 3 nitrogen and oxygen atoms in total. The molecule has 0 aliphatic carbocycles. The number of hydrogen-bond donors (Lipinski definition) is 1. The molecule has 0 fully saturated rings. The van der Waals surface area contributed by atoms with Crippen LogP contribution < -0.4 is 10.6 Å². The van der Waals surface area contributed by atoms with Crippen LogP contribution in [0.2, 0.25) is 5.02 Å². The first-order valence-electron chi connectivity index (χ1n) is 3.77. The van der Waals surface area contributed by atoms with Gasteiger partial charge in [-0.3, -0.25) is 0 Å². The zero-order chi connectivity index (χ0) is 9.14. The minimum absolute atomic E-state index is 0.591. The van der Waals surface area contributed by atoms with E-state index < -0.39 is 0 Å². The third-order valence-corrected chi connectivity index (χ3v) is 1.96. The summed E-state index contributed by atoms with van der Waals surface area (Å²) in [4.78, 5) is 6.08. The van der Waals surface area contributed by atoms with Crippen LogP contribution in [-0.4, -0.2) is 18.6 Å². The highest BCUT2D eigenvalue weighted by Gasteiger charge is 2.05. The van der Waals surface area contributed by atoms with Crippen molar-refractivity contribution in [1.29, 1.82) is 0 Å². The molecule has 0 aromatic carbocycles. The fourth-order valence-corrected chi connectivity index (χ4v) is 1.20. The van der Waals surface area contributed by atoms with Gasteiger partial charge in [-0.2, -0.15) is 0 Å². The Hall–Kier alpha value is -0.960. The Morgan fingerprint density at radius 2 is 2.33 bits per heavy atom. The predicted molar refractivity (Wildman–Crippen MR) is 52.6 cm³/mol. The Morgan fingerprint density at radius 3 is 2.83 bits per heavy atom. The molecular weight excluding hydrogens is 174 g/mol. The van der Waals surface area contributed by atoms with Crippen LogP contribution in [0.3, 0.4) is 0 Å². The fraction of sp³-hybridized carbons (Fsp3) is 0.375. The van der Waals surface area contributed by atoms with Gasteiger partial charge in [0, 0.05) is 13.6 Å². The Kier molecular flexibility index (Phi) is 2.76. The number of aromatic nitrogens is 1. The van der Waals surface area contributed by atoms with E-state index in [1.165, 1.54) is 0 Å². The van der Waals surface area contributed by atoms with Crippen LogP contribution in [0.15, 0.2) is 12.3 Å². The van der Waals surface area contributed by atoms with Crippen LogP contribution in [0, 0.1) is 0 Å². The summed E-state index contributed by atoms with van der Waals surface area (Å²) in [6.45, 7) is 2.91. The molecule has 1 aromatic heterocycles. The summed E-state index contributed by atoms with van der Waals surface area (Å²) in [5, 5.41) is 0.597. The molecule has 0 saturated heterocycles. The lowest BCUT2D eigenvalue weighted by molar-refractivity contribution is 0.939. The van der Waals surface area contributed by atoms with Crippen molar-refractivity contribution in [1.82, 2.24) is 4.98 Å². The van der Waals surface area contributed by atoms with Crippen LogP contribution in [0.1, 0.15) is 6.92 Å². The van der Waals surface area contributed by atoms with Crippen molar-refractivity contribution in [3.8, 4) is 0 Å². The van der Waals surface area contributed by atoms with Gasteiger partial charge >= 0.3 is 0 Å². The average molecular weight is 186 g/mol. The van der Waals surface area contributed by atoms with Crippen molar-refractivity contribution < 1.29 is 0 Å². The second-order valence-corrected chi connectivity index (χ2v) is 3.00. The van der Waals surface area contributed by atoms with Gasteiger partial charge in [0.25, 0.3) is 0 Å². The third-order valence-electron chi connectivity index (χ3n) is 1.68. The zero-order valence-corrected chi connectivity index (χ0v) is 7.97. The van der Waals surface area contributed by atoms with Gasteiger partial charge in [0.15, 0.2) is 0 Å². The van der Waals surface area contributed by atoms with Crippen LogP contribution in [0.5, 0.6) is 0 Å². The van der Waals surface area contributed by atoms with E-state index in [1.54, 1.807) is 12.3 Å². The summed E-state index contributed by atoms with van der Waals surface area (Å²) < 4.78 is 0. The number of rotatable bonds is 2. The van der Waals surface area contributed by atoms with Gasteiger partial charge in [0.2, 0.25) is 0 Å². The first-order valence-corrected chi connectivity index (χ1v) is 4.15. The predicted octanol–water partition coefficient (Wildman–Crippen LogP) is 1.77. The fourth-order valence-electron chi connectivity index (χ4n) is 0.876. The largest absolute Gasteiger partial charge is 0.397 e. The molecule has 0 atom stereocenters. The van der Waals surface area contributed by atoms with E-state index in [9.17, 15) is 0 Å². The molecule has 0 saturated carbocycles. The second-order valence-electron chi connectivity index (χ2n) is 2.59. The van der Waals surface area contributed by atoms with E-state index >= 15 is 0 Å². The number of nitrogens with zero attached hydrogens (tertiary/aromatic N) is 2. The molecule has 1 heterocycles. The smallest absolute Gasteiger partial charge is 0.147 e. The van der Waals surface area contributed by atoms with Crippen LogP contribution >= 0.6 is 11.6 Å². The minimum Gasteiger partial charge on any atom is -0.397 e. The lowest BCUT2D eigenvalue weighted by atomic mass is 10.4. The van der Waals surface area contributed by atoms with Crippen molar-refractivity contribution >= 4 is 23.1 Å². The van der Waals surface area contributed by atoms with Gasteiger partial charge in [-0.05, 0) is 13.0 Å². The van der Waals surface area contributed by atoms with Gasteiger partial charge in [0.05, 0.1) is 16.9 Å². The van der Waals surface area contributed by atoms with E-state index in [0.717, 1.165) is 12.4 Å². The standard InChI is InChI=1S/C8H12ClN3/c1-3-12(2)8-7(9)4-6(10)5-11-8/h4-5H,3,10H2,1-2H3. The molecule has 2 N–H and O–H groups in total. The molecular formula is C8H12ClN3. The molecule has 0 spiro atoms. The van der Waals surface area contributed by atoms with Gasteiger partial charge in [-0.25, -0.2) is 4.98 Å². The van der Waals surface area contributed by atoms with Crippen molar-refractivity contribution in [2.45, 2.75) is 6.92 Å². The Balaban J connectivity index is 3.01. The summed E-state index contributed by atoms with van der Waals surface area (Å²) in [5.41, 5.74) is 6.09. The maximum Gasteiger partial charge on any atom is 0.147 e. The summed E-state index contributed by atoms with van der Waals surface area (Å²) in [5.74, 6) is 0.772. The highest BCUT2D eigenvalue weighted by molar-refractivity contribution is 6.33. The molecule has 0 unspecified atom stereocenters. The average Bonchev–Trinajstić information content (AvgIpc) is 2.03. The number of pyridine rings is 1. The van der Waals surface area contributed by atoms with Gasteiger partial charge in [-0.1, -0.05) is 11.6 Å². The zero-order valence-electron chi connectivity index (χ0n) is 7.21. The molecule has 0 aliphatic heterocycles. The molecule has 0 radical (unpaired) electrons. The molecule has 12 heavy (non-hydrogen) atoms. The van der Waals surface area contributed by atoms with E-state index in [2.05, 4.69) is 4.98 Å². The summed E-state index contributed by atoms with van der Waals surface area (Å²) >= 11 is 5.92. The SMILES string of the molecule is CCN(C)c1ncc(N)cc1Cl. The van der Waals surface area contributed by atoms with Crippen LogP contribution in [-0.2, 0) is 0 Å². The molecule has 1 rings (SSSR count). The van der Waals surface area contributed by atoms with Crippen molar-refractivity contribution in [3.63, 3.8) is 0 Å². The van der Waals surface area contributed by atoms with Crippen molar-refractivity contribution in [2.75, 3.05) is 24.2 Å². The summed E-state index contributed by atoms with van der Waals surface area (Å²) in [6, 6.07) is 1.70. The number of nitrogen functional groups attached to an aromatic ring is 1. The lowest BCUT2D eigenvalue weighted by Crippen LogP contribution is -2.17. The molecule has 4 heteroatoms. The van der Waals surface area contributed by atoms with Crippen molar-refractivity contribution in [2.24, 2.45) is 0 Å². The van der Waals surface area contributed by atoms with E-state index in [1.807, 2.05) is 18.9 Å². The van der Waals surface area contributed by atoms with E-state index in [0.29, 0.717) is 10.7 Å². The van der Waals surface area contributed by atoms with Gasteiger partial charge in [0.1, 0.15) is 5.82 Å². The topological polar surface area (TPSA) is 42.2 Å². The summed E-state index contributed by atoms with van der Waals surface area (Å²) in [6.07, 6.45) is 1.60. The molecule has 66 valence electrons. The number of anilines is 2. The molecule has 0 amide bonds. The van der Waals surface area contributed by atoms with Gasteiger partial charge < -0.3 is 10.6 Å². The highest BCUT2D eigenvalue weighted by Crippen LogP contribution is 2.23. The Bertz CT molecular complexity index is 275. The Morgan fingerprint density at radius 1 is 1.67 bits per heavy atom. The van der Waals surface area contributed by atoms with E-state index in [4.69, 9.17) is 17.3 Å². The first kappa shape index (κ1) is 9.13. The number of halogens is 1. The molecule has 0 aliphatic rings. The van der Waals surface area contributed by atoms with Crippen LogP contribution in [0.25, 0.3) is 0 Å². The summed E-state index contributed by atoms with van der Waals surface area (Å²) in [7, 11) is 1.93. The van der Waals surface area contributed by atoms with Crippen molar-refractivity contribution in [3.05, 3.63) is 17.3 Å². The van der Waals surface area contributed by atoms with Gasteiger partial charge in [-0.15, -0.1) is 0 Å². The normalized spacial score (nSPS) is 9.92. The minimum atomic E-state index is 0.591.